The Balaban J connectivity index is 1.70. The Labute approximate surface area is 129 Å². The summed E-state index contributed by atoms with van der Waals surface area (Å²) in [5.74, 6) is 0.0175. The van der Waals surface area contributed by atoms with Crippen molar-refractivity contribution in [3.8, 4) is 5.75 Å². The van der Waals surface area contributed by atoms with Gasteiger partial charge < -0.3 is 15.0 Å². The third-order valence-corrected chi connectivity index (χ3v) is 3.72. The highest BCUT2D eigenvalue weighted by atomic mass is 35.5. The fraction of sp³-hybridized carbons (Fsp3) is 0.533. The summed E-state index contributed by atoms with van der Waals surface area (Å²) >= 11 is 5.85. The summed E-state index contributed by atoms with van der Waals surface area (Å²) in [6, 6.07) is 3.92. The summed E-state index contributed by atoms with van der Waals surface area (Å²) in [6.07, 6.45) is 4.51. The summed E-state index contributed by atoms with van der Waals surface area (Å²) < 4.78 is 18.3. The maximum atomic E-state index is 12.9. The van der Waals surface area contributed by atoms with Gasteiger partial charge in [0.15, 0.2) is 0 Å². The molecule has 0 radical (unpaired) electrons. The summed E-state index contributed by atoms with van der Waals surface area (Å²) in [5, 5.41) is 3.06. The van der Waals surface area contributed by atoms with Gasteiger partial charge in [-0.1, -0.05) is 24.4 Å². The number of nitrogens with one attached hydrogen (secondary N) is 1. The Kier molecular flexibility index (Phi) is 6.11. The lowest BCUT2D eigenvalue weighted by Gasteiger charge is -2.20. The monoisotopic (exact) mass is 314 g/mol. The summed E-state index contributed by atoms with van der Waals surface area (Å²) in [6.45, 7) is 2.32. The van der Waals surface area contributed by atoms with Gasteiger partial charge in [0.25, 0.3) is 0 Å². The van der Waals surface area contributed by atoms with Gasteiger partial charge >= 0.3 is 6.03 Å². The van der Waals surface area contributed by atoms with E-state index in [0.29, 0.717) is 18.9 Å². The number of likely N-dealkylation sites (tertiary alicyclic amines) is 1. The molecule has 1 fully saturated rings. The molecule has 0 spiro atoms. The standard InChI is InChI=1S/C15H20ClFN2O2/c16-13-11-12(17)5-6-14(13)21-10-7-18-15(20)19-8-3-1-2-4-9-19/h5-6,11H,1-4,7-10H2,(H,18,20). The second-order valence-corrected chi connectivity index (χ2v) is 5.46. The van der Waals surface area contributed by atoms with Crippen LogP contribution in [0.4, 0.5) is 9.18 Å². The van der Waals surface area contributed by atoms with Gasteiger partial charge in [0.05, 0.1) is 11.6 Å². The molecule has 4 nitrogen and oxygen atoms in total. The molecule has 0 unspecified atom stereocenters. The second-order valence-electron chi connectivity index (χ2n) is 5.06. The molecular weight excluding hydrogens is 295 g/mol. The molecule has 1 aliphatic rings. The maximum Gasteiger partial charge on any atom is 0.317 e. The average molecular weight is 315 g/mol. The zero-order valence-corrected chi connectivity index (χ0v) is 12.7. The van der Waals surface area contributed by atoms with Crippen molar-refractivity contribution in [3.05, 3.63) is 29.0 Å². The van der Waals surface area contributed by atoms with Gasteiger partial charge in [0.1, 0.15) is 18.2 Å². The second kappa shape index (κ2) is 8.08. The Morgan fingerprint density at radius 1 is 1.29 bits per heavy atom. The molecular formula is C15H20ClFN2O2. The Bertz CT molecular complexity index is 477. The highest BCUT2D eigenvalue weighted by Crippen LogP contribution is 2.24. The zero-order chi connectivity index (χ0) is 15.1. The third-order valence-electron chi connectivity index (χ3n) is 3.42. The fourth-order valence-corrected chi connectivity index (χ4v) is 2.52. The number of hydrogen-bond acceptors (Lipinski definition) is 2. The predicted octanol–water partition coefficient (Wildman–Crippen LogP) is 3.44. The van der Waals surface area contributed by atoms with E-state index < -0.39 is 5.82 Å². The first kappa shape index (κ1) is 15.9. The van der Waals surface area contributed by atoms with Crippen LogP contribution in [-0.4, -0.2) is 37.2 Å². The van der Waals surface area contributed by atoms with Crippen LogP contribution < -0.4 is 10.1 Å². The summed E-state index contributed by atoms with van der Waals surface area (Å²) in [7, 11) is 0. The van der Waals surface area contributed by atoms with Gasteiger partial charge in [-0.2, -0.15) is 0 Å². The van der Waals surface area contributed by atoms with Crippen LogP contribution in [0.5, 0.6) is 5.75 Å². The van der Waals surface area contributed by atoms with E-state index >= 15 is 0 Å². The van der Waals surface area contributed by atoms with Gasteiger partial charge in [-0.05, 0) is 31.0 Å². The number of carbonyl (C=O) groups excluding carboxylic acids is 1. The number of benzene rings is 1. The number of hydrogen-bond donors (Lipinski definition) is 1. The third kappa shape index (κ3) is 5.08. The van der Waals surface area contributed by atoms with Crippen LogP contribution in [0, 0.1) is 5.82 Å². The lowest BCUT2D eigenvalue weighted by atomic mass is 10.2. The van der Waals surface area contributed by atoms with Crippen molar-refractivity contribution in [1.82, 2.24) is 10.2 Å². The molecule has 1 aromatic rings. The highest BCUT2D eigenvalue weighted by Gasteiger charge is 2.14. The SMILES string of the molecule is O=C(NCCOc1ccc(F)cc1Cl)N1CCCCCC1. The van der Waals surface area contributed by atoms with Crippen molar-refractivity contribution in [2.45, 2.75) is 25.7 Å². The van der Waals surface area contributed by atoms with E-state index in [0.717, 1.165) is 25.9 Å². The van der Waals surface area contributed by atoms with Crippen molar-refractivity contribution < 1.29 is 13.9 Å². The zero-order valence-electron chi connectivity index (χ0n) is 11.9. The molecule has 116 valence electrons. The van der Waals surface area contributed by atoms with Gasteiger partial charge in [-0.15, -0.1) is 0 Å². The molecule has 6 heteroatoms. The number of nitrogens with zero attached hydrogens (tertiary/aromatic N) is 1. The molecule has 2 rings (SSSR count). The van der Waals surface area contributed by atoms with Crippen molar-refractivity contribution in [2.75, 3.05) is 26.2 Å². The number of ether oxygens (including phenoxy) is 1. The smallest absolute Gasteiger partial charge is 0.317 e. The van der Waals surface area contributed by atoms with Crippen molar-refractivity contribution in [3.63, 3.8) is 0 Å². The fourth-order valence-electron chi connectivity index (χ4n) is 2.30. The van der Waals surface area contributed by atoms with Crippen LogP contribution in [0.2, 0.25) is 5.02 Å². The minimum absolute atomic E-state index is 0.0503. The minimum atomic E-state index is -0.401. The van der Waals surface area contributed by atoms with E-state index in [1.54, 1.807) is 0 Å². The first-order valence-electron chi connectivity index (χ1n) is 7.27. The Morgan fingerprint density at radius 3 is 2.67 bits per heavy atom. The predicted molar refractivity (Wildman–Crippen MR) is 80.3 cm³/mol. The highest BCUT2D eigenvalue weighted by molar-refractivity contribution is 6.32. The number of rotatable bonds is 4. The molecule has 0 aliphatic carbocycles. The molecule has 0 aromatic heterocycles. The first-order valence-corrected chi connectivity index (χ1v) is 7.65. The molecule has 21 heavy (non-hydrogen) atoms. The van der Waals surface area contributed by atoms with Gasteiger partial charge in [0.2, 0.25) is 0 Å². The van der Waals surface area contributed by atoms with E-state index in [2.05, 4.69) is 5.32 Å². The van der Waals surface area contributed by atoms with Crippen LogP contribution in [0.3, 0.4) is 0 Å². The van der Waals surface area contributed by atoms with Crippen LogP contribution >= 0.6 is 11.6 Å². The molecule has 1 N–H and O–H groups in total. The number of urea groups is 1. The summed E-state index contributed by atoms with van der Waals surface area (Å²) in [4.78, 5) is 13.8. The molecule has 1 heterocycles. The van der Waals surface area contributed by atoms with Crippen molar-refractivity contribution in [2.24, 2.45) is 0 Å². The van der Waals surface area contributed by atoms with E-state index in [1.807, 2.05) is 4.90 Å². The van der Waals surface area contributed by atoms with E-state index in [9.17, 15) is 9.18 Å². The minimum Gasteiger partial charge on any atom is -0.490 e. The number of amides is 2. The number of carbonyl (C=O) groups is 1. The van der Waals surface area contributed by atoms with Crippen molar-refractivity contribution in [1.29, 1.82) is 0 Å². The van der Waals surface area contributed by atoms with Crippen LogP contribution in [0.15, 0.2) is 18.2 Å². The molecule has 1 aromatic carbocycles. The topological polar surface area (TPSA) is 41.6 Å². The van der Waals surface area contributed by atoms with E-state index in [-0.39, 0.29) is 11.1 Å². The van der Waals surface area contributed by atoms with E-state index in [1.165, 1.54) is 31.0 Å². The molecule has 0 atom stereocenters. The Hall–Kier alpha value is -1.49. The maximum absolute atomic E-state index is 12.9. The Morgan fingerprint density at radius 2 is 2.00 bits per heavy atom. The summed E-state index contributed by atoms with van der Waals surface area (Å²) in [5.41, 5.74) is 0. The molecule has 2 amide bonds. The average Bonchev–Trinajstić information content (AvgIpc) is 2.74. The lowest BCUT2D eigenvalue weighted by molar-refractivity contribution is 0.196. The first-order chi connectivity index (χ1) is 10.2. The van der Waals surface area contributed by atoms with Crippen molar-refractivity contribution >= 4 is 17.6 Å². The molecule has 1 aliphatic heterocycles. The quantitative estimate of drug-likeness (QED) is 0.865. The molecule has 1 saturated heterocycles. The lowest BCUT2D eigenvalue weighted by Crippen LogP contribution is -2.41. The van der Waals surface area contributed by atoms with Gasteiger partial charge in [-0.3, -0.25) is 0 Å². The van der Waals surface area contributed by atoms with Crippen LogP contribution in [0.25, 0.3) is 0 Å². The largest absolute Gasteiger partial charge is 0.490 e. The normalized spacial score (nSPS) is 15.4. The van der Waals surface area contributed by atoms with Gasteiger partial charge in [-0.25, -0.2) is 9.18 Å². The van der Waals surface area contributed by atoms with Crippen LogP contribution in [-0.2, 0) is 0 Å². The van der Waals surface area contributed by atoms with E-state index in [4.69, 9.17) is 16.3 Å². The van der Waals surface area contributed by atoms with Crippen LogP contribution in [0.1, 0.15) is 25.7 Å². The molecule has 0 saturated carbocycles. The van der Waals surface area contributed by atoms with Gasteiger partial charge in [0, 0.05) is 13.1 Å². The molecule has 0 bridgehead atoms. The number of halogens is 2.